The van der Waals surface area contributed by atoms with Gasteiger partial charge in [0, 0.05) is 24.7 Å². The molecule has 33 heavy (non-hydrogen) atoms. The number of aryl methyl sites for hydroxylation is 2. The molecule has 8 heteroatoms. The Morgan fingerprint density at radius 2 is 1.79 bits per heavy atom. The summed E-state index contributed by atoms with van der Waals surface area (Å²) >= 11 is 0. The number of methoxy groups -OCH3 is 1. The summed E-state index contributed by atoms with van der Waals surface area (Å²) in [5, 5.41) is 7.56. The van der Waals surface area contributed by atoms with Crippen LogP contribution in [0.15, 0.2) is 48.5 Å². The summed E-state index contributed by atoms with van der Waals surface area (Å²) in [6.45, 7) is 4.25. The number of amides is 1. The predicted octanol–water partition coefficient (Wildman–Crippen LogP) is 3.41. The molecule has 0 fully saturated rings. The average molecular weight is 446 g/mol. The number of carbonyl (C=O) groups excluding carboxylic acids is 2. The van der Waals surface area contributed by atoms with Crippen LogP contribution in [0.3, 0.4) is 0 Å². The zero-order valence-corrected chi connectivity index (χ0v) is 19.3. The van der Waals surface area contributed by atoms with Gasteiger partial charge >= 0.3 is 5.97 Å². The molecule has 0 radical (unpaired) electrons. The smallest absolute Gasteiger partial charge is 0.305 e. The van der Waals surface area contributed by atoms with Crippen LogP contribution in [0, 0.1) is 13.8 Å². The van der Waals surface area contributed by atoms with E-state index in [4.69, 9.17) is 4.74 Å². The number of ether oxygens (including phenoxy) is 1. The van der Waals surface area contributed by atoms with E-state index in [1.165, 1.54) is 7.11 Å². The first-order chi connectivity index (χ1) is 15.9. The van der Waals surface area contributed by atoms with Gasteiger partial charge in [-0.1, -0.05) is 12.1 Å². The molecular formula is C25H27N5O3. The van der Waals surface area contributed by atoms with Gasteiger partial charge in [-0.3, -0.25) is 9.59 Å². The van der Waals surface area contributed by atoms with Gasteiger partial charge < -0.3 is 14.6 Å². The number of benzene rings is 2. The molecule has 0 bridgehead atoms. The average Bonchev–Trinajstić information content (AvgIpc) is 3.31. The molecule has 0 saturated carbocycles. The molecular weight excluding hydrogens is 418 g/mol. The minimum absolute atomic E-state index is 0.166. The lowest BCUT2D eigenvalue weighted by Gasteiger charge is -2.08. The summed E-state index contributed by atoms with van der Waals surface area (Å²) in [6, 6.07) is 15.2. The normalized spacial score (nSPS) is 11.0. The lowest BCUT2D eigenvalue weighted by atomic mass is 10.1. The van der Waals surface area contributed by atoms with Crippen molar-refractivity contribution < 1.29 is 14.3 Å². The van der Waals surface area contributed by atoms with Crippen molar-refractivity contribution in [3.63, 3.8) is 0 Å². The van der Waals surface area contributed by atoms with Gasteiger partial charge in [-0.25, -0.2) is 9.67 Å². The largest absolute Gasteiger partial charge is 0.469 e. The fourth-order valence-electron chi connectivity index (χ4n) is 3.99. The summed E-state index contributed by atoms with van der Waals surface area (Å²) in [5.74, 6) is 0.389. The molecule has 0 aliphatic rings. The molecule has 0 saturated heterocycles. The van der Waals surface area contributed by atoms with Gasteiger partial charge in [0.2, 0.25) is 0 Å². The number of carbonyl (C=O) groups is 2. The summed E-state index contributed by atoms with van der Waals surface area (Å²) in [5.41, 5.74) is 6.23. The van der Waals surface area contributed by atoms with Crippen molar-refractivity contribution >= 4 is 22.9 Å². The second-order valence-electron chi connectivity index (χ2n) is 7.94. The number of hydrogen-bond donors (Lipinski definition) is 1. The van der Waals surface area contributed by atoms with Crippen LogP contribution in [0.5, 0.6) is 0 Å². The summed E-state index contributed by atoms with van der Waals surface area (Å²) in [6.07, 6.45) is 0.890. The van der Waals surface area contributed by atoms with Crippen LogP contribution in [0.1, 0.15) is 39.6 Å². The third-order valence-electron chi connectivity index (χ3n) is 5.91. The van der Waals surface area contributed by atoms with Crippen molar-refractivity contribution in [2.75, 3.05) is 7.11 Å². The molecule has 0 unspecified atom stereocenters. The minimum Gasteiger partial charge on any atom is -0.469 e. The second kappa shape index (κ2) is 9.28. The quantitative estimate of drug-likeness (QED) is 0.440. The molecule has 4 rings (SSSR count). The maximum Gasteiger partial charge on any atom is 0.305 e. The zero-order chi connectivity index (χ0) is 23.5. The zero-order valence-electron chi connectivity index (χ0n) is 19.3. The van der Waals surface area contributed by atoms with Crippen LogP contribution < -0.4 is 5.32 Å². The number of para-hydroxylation sites is 2. The van der Waals surface area contributed by atoms with Gasteiger partial charge in [0.15, 0.2) is 0 Å². The highest BCUT2D eigenvalue weighted by atomic mass is 16.5. The second-order valence-corrected chi connectivity index (χ2v) is 7.94. The first kappa shape index (κ1) is 22.3. The number of aromatic nitrogens is 4. The van der Waals surface area contributed by atoms with Crippen molar-refractivity contribution in [3.05, 3.63) is 76.9 Å². The molecule has 8 nitrogen and oxygen atoms in total. The molecule has 0 spiro atoms. The van der Waals surface area contributed by atoms with Crippen LogP contribution in [0.25, 0.3) is 16.7 Å². The van der Waals surface area contributed by atoms with Crippen LogP contribution in [-0.2, 0) is 29.5 Å². The van der Waals surface area contributed by atoms with E-state index in [9.17, 15) is 9.59 Å². The number of rotatable bonds is 7. The molecule has 4 aromatic rings. The van der Waals surface area contributed by atoms with Gasteiger partial charge in [-0.2, -0.15) is 5.10 Å². The highest BCUT2D eigenvalue weighted by Gasteiger charge is 2.15. The number of esters is 1. The van der Waals surface area contributed by atoms with Crippen LogP contribution in [0.4, 0.5) is 0 Å². The van der Waals surface area contributed by atoms with Gasteiger partial charge in [-0.15, -0.1) is 0 Å². The van der Waals surface area contributed by atoms with Crippen LogP contribution in [0.2, 0.25) is 0 Å². The number of nitrogens with one attached hydrogen (secondary N) is 1. The van der Waals surface area contributed by atoms with E-state index in [2.05, 4.69) is 15.4 Å². The Bertz CT molecular complexity index is 1320. The maximum absolute atomic E-state index is 12.7. The number of nitrogens with zero attached hydrogens (tertiary/aromatic N) is 4. The molecule has 1 N–H and O–H groups in total. The van der Waals surface area contributed by atoms with Crippen LogP contribution in [-0.4, -0.2) is 38.3 Å². The van der Waals surface area contributed by atoms with Crippen molar-refractivity contribution in [3.8, 4) is 5.69 Å². The maximum atomic E-state index is 12.7. The van der Waals surface area contributed by atoms with Crippen molar-refractivity contribution in [1.82, 2.24) is 24.6 Å². The standard InChI is InChI=1S/C25H27N5O3/c1-16-20(13-14-24(31)33-4)17(2)30(28-16)19-11-9-18(10-12-19)25(32)26-15-23-27-21-7-5-6-8-22(21)29(23)3/h5-12H,13-15H2,1-4H3,(H,26,32). The van der Waals surface area contributed by atoms with Crippen LogP contribution >= 0.6 is 0 Å². The fraction of sp³-hybridized carbons (Fsp3) is 0.280. The molecule has 2 aromatic heterocycles. The Labute approximate surface area is 192 Å². The third-order valence-corrected chi connectivity index (χ3v) is 5.91. The Kier molecular flexibility index (Phi) is 6.26. The van der Waals surface area contributed by atoms with E-state index in [0.717, 1.165) is 39.5 Å². The van der Waals surface area contributed by atoms with Crippen molar-refractivity contribution in [2.24, 2.45) is 7.05 Å². The fourth-order valence-corrected chi connectivity index (χ4v) is 3.99. The molecule has 2 aromatic carbocycles. The Morgan fingerprint density at radius 3 is 2.48 bits per heavy atom. The van der Waals surface area contributed by atoms with E-state index in [-0.39, 0.29) is 11.9 Å². The molecule has 1 amide bonds. The number of fused-ring (bicyclic) bond motifs is 1. The Morgan fingerprint density at radius 1 is 1.06 bits per heavy atom. The topological polar surface area (TPSA) is 91.0 Å². The van der Waals surface area contributed by atoms with Gasteiger partial charge in [0.05, 0.1) is 36.1 Å². The first-order valence-electron chi connectivity index (χ1n) is 10.8. The van der Waals surface area contributed by atoms with E-state index in [1.54, 1.807) is 12.1 Å². The molecule has 0 atom stereocenters. The van der Waals surface area contributed by atoms with E-state index < -0.39 is 0 Å². The SMILES string of the molecule is COC(=O)CCc1c(C)nn(-c2ccc(C(=O)NCc3nc4ccccc4n3C)cc2)c1C. The van der Waals surface area contributed by atoms with Gasteiger partial charge in [-0.05, 0) is 62.2 Å². The van der Waals surface area contributed by atoms with E-state index >= 15 is 0 Å². The molecule has 0 aliphatic heterocycles. The third kappa shape index (κ3) is 4.50. The molecule has 170 valence electrons. The van der Waals surface area contributed by atoms with Gasteiger partial charge in [0.1, 0.15) is 5.82 Å². The molecule has 2 heterocycles. The Balaban J connectivity index is 1.45. The first-order valence-corrected chi connectivity index (χ1v) is 10.8. The summed E-state index contributed by atoms with van der Waals surface area (Å²) in [7, 11) is 3.33. The number of imidazole rings is 1. The summed E-state index contributed by atoms with van der Waals surface area (Å²) in [4.78, 5) is 28.8. The lowest BCUT2D eigenvalue weighted by Crippen LogP contribution is -2.24. The van der Waals surface area contributed by atoms with Gasteiger partial charge in [0.25, 0.3) is 5.91 Å². The lowest BCUT2D eigenvalue weighted by molar-refractivity contribution is -0.140. The number of hydrogen-bond acceptors (Lipinski definition) is 5. The predicted molar refractivity (Wildman–Crippen MR) is 125 cm³/mol. The van der Waals surface area contributed by atoms with Crippen molar-refractivity contribution in [2.45, 2.75) is 33.2 Å². The Hall–Kier alpha value is -3.94. The highest BCUT2D eigenvalue weighted by Crippen LogP contribution is 2.20. The highest BCUT2D eigenvalue weighted by molar-refractivity contribution is 5.94. The van der Waals surface area contributed by atoms with E-state index in [0.29, 0.717) is 24.9 Å². The van der Waals surface area contributed by atoms with E-state index in [1.807, 2.05) is 66.5 Å². The monoisotopic (exact) mass is 445 g/mol. The van der Waals surface area contributed by atoms with Crippen molar-refractivity contribution in [1.29, 1.82) is 0 Å². The molecule has 0 aliphatic carbocycles. The minimum atomic E-state index is -0.240. The summed E-state index contributed by atoms with van der Waals surface area (Å²) < 4.78 is 8.56.